The Bertz CT molecular complexity index is 619. The van der Waals surface area contributed by atoms with Crippen LogP contribution < -0.4 is 16.4 Å². The second-order valence-corrected chi connectivity index (χ2v) is 5.73. The van der Waals surface area contributed by atoms with Crippen LogP contribution >= 0.6 is 23.4 Å². The van der Waals surface area contributed by atoms with Gasteiger partial charge in [-0.05, 0) is 18.2 Å². The Morgan fingerprint density at radius 1 is 1.20 bits per heavy atom. The Labute approximate surface area is 126 Å². The zero-order valence-electron chi connectivity index (χ0n) is 11.2. The molecule has 2 aromatic rings. The van der Waals surface area contributed by atoms with Crippen LogP contribution in [0.4, 0.5) is 17.6 Å². The normalized spacial score (nSPS) is 10.6. The molecule has 1 heterocycles. The molecule has 0 saturated heterocycles. The highest BCUT2D eigenvalue weighted by atomic mass is 35.5. The van der Waals surface area contributed by atoms with Gasteiger partial charge in [0.15, 0.2) is 0 Å². The lowest BCUT2D eigenvalue weighted by molar-refractivity contribution is 0.919. The zero-order chi connectivity index (χ0) is 14.7. The molecule has 8 heteroatoms. The van der Waals surface area contributed by atoms with Gasteiger partial charge in [-0.2, -0.15) is 15.0 Å². The maximum atomic E-state index is 5.98. The van der Waals surface area contributed by atoms with E-state index in [1.807, 2.05) is 26.2 Å². The highest BCUT2D eigenvalue weighted by Gasteiger charge is 2.07. The summed E-state index contributed by atoms with van der Waals surface area (Å²) in [7, 11) is 3.71. The highest BCUT2D eigenvalue weighted by molar-refractivity contribution is 7.98. The van der Waals surface area contributed by atoms with Gasteiger partial charge in [0.2, 0.25) is 11.9 Å². The molecule has 1 aromatic heterocycles. The molecular weight excluding hydrogens is 296 g/mol. The molecule has 0 saturated carbocycles. The molecule has 0 radical (unpaired) electrons. The summed E-state index contributed by atoms with van der Waals surface area (Å²) < 4.78 is 0. The van der Waals surface area contributed by atoms with Crippen LogP contribution in [-0.2, 0) is 5.75 Å². The van der Waals surface area contributed by atoms with Gasteiger partial charge in [0.1, 0.15) is 5.82 Å². The van der Waals surface area contributed by atoms with Gasteiger partial charge in [0, 0.05) is 19.0 Å². The fourth-order valence-corrected chi connectivity index (χ4v) is 2.47. The van der Waals surface area contributed by atoms with Gasteiger partial charge >= 0.3 is 0 Å². The van der Waals surface area contributed by atoms with Gasteiger partial charge in [-0.15, -0.1) is 11.8 Å². The molecule has 20 heavy (non-hydrogen) atoms. The first-order valence-corrected chi connectivity index (χ1v) is 7.17. The molecule has 0 aliphatic carbocycles. The van der Waals surface area contributed by atoms with Gasteiger partial charge in [-0.3, -0.25) is 0 Å². The third kappa shape index (κ3) is 3.64. The van der Waals surface area contributed by atoms with Crippen LogP contribution in [0.15, 0.2) is 23.1 Å². The van der Waals surface area contributed by atoms with E-state index in [1.165, 1.54) is 0 Å². The average Bonchev–Trinajstić information content (AvgIpc) is 2.39. The molecule has 0 amide bonds. The number of aromatic nitrogens is 3. The van der Waals surface area contributed by atoms with Crippen LogP contribution in [-0.4, -0.2) is 29.0 Å². The third-order valence-electron chi connectivity index (χ3n) is 2.43. The number of nitrogens with zero attached hydrogens (tertiary/aromatic N) is 4. The van der Waals surface area contributed by atoms with E-state index in [0.717, 1.165) is 4.90 Å². The molecule has 0 unspecified atom stereocenters. The van der Waals surface area contributed by atoms with Crippen molar-refractivity contribution in [1.82, 2.24) is 15.0 Å². The molecule has 106 valence electrons. The number of hydrogen-bond acceptors (Lipinski definition) is 7. The molecule has 0 aliphatic rings. The smallest absolute Gasteiger partial charge is 0.229 e. The van der Waals surface area contributed by atoms with Crippen molar-refractivity contribution in [1.29, 1.82) is 0 Å². The number of nitrogen functional groups attached to an aromatic ring is 2. The second kappa shape index (κ2) is 6.15. The van der Waals surface area contributed by atoms with Crippen LogP contribution in [0.1, 0.15) is 5.82 Å². The van der Waals surface area contributed by atoms with E-state index >= 15 is 0 Å². The molecule has 0 fully saturated rings. The summed E-state index contributed by atoms with van der Waals surface area (Å²) in [5.41, 5.74) is 11.9. The SMILES string of the molecule is CN(C)c1nc(N)nc(CSc2ccc(N)c(Cl)c2)n1. The topological polar surface area (TPSA) is 94.0 Å². The molecular formula is C12H15ClN6S. The van der Waals surface area contributed by atoms with E-state index in [2.05, 4.69) is 15.0 Å². The zero-order valence-corrected chi connectivity index (χ0v) is 12.7. The Hall–Kier alpha value is -1.73. The number of nitrogens with two attached hydrogens (primary N) is 2. The summed E-state index contributed by atoms with van der Waals surface area (Å²) in [5, 5.41) is 0.541. The summed E-state index contributed by atoms with van der Waals surface area (Å²) in [6, 6.07) is 5.50. The molecule has 1 aromatic carbocycles. The van der Waals surface area contributed by atoms with Gasteiger partial charge in [0.05, 0.1) is 16.5 Å². The fourth-order valence-electron chi connectivity index (χ4n) is 1.44. The van der Waals surface area contributed by atoms with Gasteiger partial charge in [-0.25, -0.2) is 0 Å². The molecule has 6 nitrogen and oxygen atoms in total. The maximum Gasteiger partial charge on any atom is 0.229 e. The molecule has 0 spiro atoms. The van der Waals surface area contributed by atoms with E-state index < -0.39 is 0 Å². The Balaban J connectivity index is 2.12. The van der Waals surface area contributed by atoms with Crippen LogP contribution in [0.2, 0.25) is 5.02 Å². The molecule has 0 atom stereocenters. The van der Waals surface area contributed by atoms with Gasteiger partial charge in [0.25, 0.3) is 0 Å². The fraction of sp³-hybridized carbons (Fsp3) is 0.250. The lowest BCUT2D eigenvalue weighted by Gasteiger charge is -2.11. The van der Waals surface area contributed by atoms with Crippen LogP contribution in [0.3, 0.4) is 0 Å². The Morgan fingerprint density at radius 2 is 1.95 bits per heavy atom. The van der Waals surface area contributed by atoms with Crippen molar-refractivity contribution >= 4 is 40.9 Å². The molecule has 2 rings (SSSR count). The first-order valence-electron chi connectivity index (χ1n) is 5.81. The number of rotatable bonds is 4. The molecule has 4 N–H and O–H groups in total. The number of anilines is 3. The van der Waals surface area contributed by atoms with Crippen molar-refractivity contribution in [3.63, 3.8) is 0 Å². The summed E-state index contributed by atoms with van der Waals surface area (Å²) in [4.78, 5) is 15.3. The summed E-state index contributed by atoms with van der Waals surface area (Å²) in [6.07, 6.45) is 0. The van der Waals surface area contributed by atoms with Crippen molar-refractivity contribution in [2.24, 2.45) is 0 Å². The number of hydrogen-bond donors (Lipinski definition) is 2. The largest absolute Gasteiger partial charge is 0.398 e. The first kappa shape index (κ1) is 14.7. The summed E-state index contributed by atoms with van der Waals surface area (Å²) in [5.74, 6) is 1.96. The van der Waals surface area contributed by atoms with Crippen molar-refractivity contribution < 1.29 is 0 Å². The van der Waals surface area contributed by atoms with E-state index in [-0.39, 0.29) is 5.95 Å². The van der Waals surface area contributed by atoms with E-state index in [9.17, 15) is 0 Å². The standard InChI is InChI=1S/C12H15ClN6S/c1-19(2)12-17-10(16-11(15)18-12)6-20-7-3-4-9(14)8(13)5-7/h3-5H,6,14H2,1-2H3,(H2,15,16,17,18). The number of halogens is 1. The van der Waals surface area contributed by atoms with Gasteiger partial charge in [-0.1, -0.05) is 11.6 Å². The van der Waals surface area contributed by atoms with Crippen molar-refractivity contribution in [3.05, 3.63) is 29.0 Å². The number of thioether (sulfide) groups is 1. The monoisotopic (exact) mass is 310 g/mol. The lowest BCUT2D eigenvalue weighted by Crippen LogP contribution is -2.15. The summed E-state index contributed by atoms with van der Waals surface area (Å²) in [6.45, 7) is 0. The molecule has 0 bridgehead atoms. The first-order chi connectivity index (χ1) is 9.45. The van der Waals surface area contributed by atoms with Crippen molar-refractivity contribution in [2.75, 3.05) is 30.5 Å². The van der Waals surface area contributed by atoms with Crippen LogP contribution in [0.25, 0.3) is 0 Å². The predicted octanol–water partition coefficient (Wildman–Crippen LogP) is 2.05. The van der Waals surface area contributed by atoms with E-state index in [0.29, 0.717) is 28.2 Å². The minimum atomic E-state index is 0.217. The van der Waals surface area contributed by atoms with Crippen LogP contribution in [0, 0.1) is 0 Å². The van der Waals surface area contributed by atoms with Gasteiger partial charge < -0.3 is 16.4 Å². The minimum Gasteiger partial charge on any atom is -0.398 e. The van der Waals surface area contributed by atoms with Crippen LogP contribution in [0.5, 0.6) is 0 Å². The van der Waals surface area contributed by atoms with E-state index in [4.69, 9.17) is 23.1 Å². The lowest BCUT2D eigenvalue weighted by atomic mass is 10.3. The third-order valence-corrected chi connectivity index (χ3v) is 3.74. The van der Waals surface area contributed by atoms with E-state index in [1.54, 1.807) is 22.7 Å². The highest BCUT2D eigenvalue weighted by Crippen LogP contribution is 2.28. The number of benzene rings is 1. The minimum absolute atomic E-state index is 0.217. The Morgan fingerprint density at radius 3 is 2.60 bits per heavy atom. The molecule has 0 aliphatic heterocycles. The second-order valence-electron chi connectivity index (χ2n) is 4.28. The summed E-state index contributed by atoms with van der Waals surface area (Å²) >= 11 is 7.54. The Kier molecular flexibility index (Phi) is 4.51. The maximum absolute atomic E-state index is 5.98. The predicted molar refractivity (Wildman–Crippen MR) is 84.0 cm³/mol. The van der Waals surface area contributed by atoms with Crippen molar-refractivity contribution in [3.8, 4) is 0 Å². The quantitative estimate of drug-likeness (QED) is 0.659. The van der Waals surface area contributed by atoms with Crippen molar-refractivity contribution in [2.45, 2.75) is 10.6 Å². The average molecular weight is 311 g/mol.